The summed E-state index contributed by atoms with van der Waals surface area (Å²) in [5, 5.41) is 18.0. The van der Waals surface area contributed by atoms with Crippen LogP contribution < -0.4 is 4.74 Å². The Balaban J connectivity index is 1.93. The molecule has 2 aromatic rings. The van der Waals surface area contributed by atoms with Gasteiger partial charge in [0.15, 0.2) is 5.78 Å². The van der Waals surface area contributed by atoms with Crippen LogP contribution in [-0.2, 0) is 0 Å². The molecule has 0 atom stereocenters. The van der Waals surface area contributed by atoms with Gasteiger partial charge in [-0.25, -0.2) is 0 Å². The molecule has 0 unspecified atom stereocenters. The van der Waals surface area contributed by atoms with Crippen LogP contribution in [0.3, 0.4) is 0 Å². The average molecular weight is 343 g/mol. The number of hydrogen-bond donors (Lipinski definition) is 2. The first-order valence-electron chi connectivity index (χ1n) is 8.52. The number of carbonyl (C=O) groups excluding carboxylic acids is 1. The highest BCUT2D eigenvalue weighted by atomic mass is 16.5. The topological polar surface area (TPSA) is 70.0 Å². The van der Waals surface area contributed by atoms with Gasteiger partial charge in [-0.1, -0.05) is 42.5 Å². The second kappa shape index (κ2) is 10.6. The molecule has 0 heterocycles. The van der Waals surface area contributed by atoms with Gasteiger partial charge in [-0.3, -0.25) is 9.69 Å². The summed E-state index contributed by atoms with van der Waals surface area (Å²) in [7, 11) is 0. The van der Waals surface area contributed by atoms with Gasteiger partial charge in [0.05, 0.1) is 25.4 Å². The molecular formula is C20H25NO4. The van der Waals surface area contributed by atoms with Crippen LogP contribution in [-0.4, -0.2) is 60.4 Å². The number of hydrogen-bond acceptors (Lipinski definition) is 5. The van der Waals surface area contributed by atoms with Crippen molar-refractivity contribution in [3.63, 3.8) is 0 Å². The zero-order chi connectivity index (χ0) is 17.9. The van der Waals surface area contributed by atoms with Gasteiger partial charge in [0.25, 0.3) is 0 Å². The molecule has 0 radical (unpaired) electrons. The first kappa shape index (κ1) is 19.1. The van der Waals surface area contributed by atoms with Crippen LogP contribution in [0.5, 0.6) is 5.75 Å². The van der Waals surface area contributed by atoms with Crippen molar-refractivity contribution < 1.29 is 19.7 Å². The molecule has 0 bridgehead atoms. The third kappa shape index (κ3) is 5.98. The van der Waals surface area contributed by atoms with E-state index in [4.69, 9.17) is 14.9 Å². The Morgan fingerprint density at radius 2 is 1.52 bits per heavy atom. The SMILES string of the molecule is O=C(c1ccccc1)c1ccccc1OCCCN(CCO)CCO. The lowest BCUT2D eigenvalue weighted by Crippen LogP contribution is -2.31. The summed E-state index contributed by atoms with van der Waals surface area (Å²) in [5.74, 6) is 0.519. The fraction of sp³-hybridized carbons (Fsp3) is 0.350. The average Bonchev–Trinajstić information content (AvgIpc) is 2.66. The predicted octanol–water partition coefficient (Wildman–Crippen LogP) is 1.97. The van der Waals surface area contributed by atoms with Crippen molar-refractivity contribution in [1.82, 2.24) is 4.90 Å². The van der Waals surface area contributed by atoms with E-state index >= 15 is 0 Å². The Kier molecular flexibility index (Phi) is 8.12. The van der Waals surface area contributed by atoms with E-state index in [0.29, 0.717) is 36.6 Å². The maximum absolute atomic E-state index is 12.6. The van der Waals surface area contributed by atoms with Crippen LogP contribution in [0.1, 0.15) is 22.3 Å². The molecule has 5 nitrogen and oxygen atoms in total. The second-order valence-electron chi connectivity index (χ2n) is 5.68. The van der Waals surface area contributed by atoms with Crippen molar-refractivity contribution in [2.24, 2.45) is 0 Å². The molecule has 0 aliphatic heterocycles. The number of para-hydroxylation sites is 1. The van der Waals surface area contributed by atoms with E-state index in [1.165, 1.54) is 0 Å². The lowest BCUT2D eigenvalue weighted by atomic mass is 10.0. The van der Waals surface area contributed by atoms with Crippen LogP contribution in [0.4, 0.5) is 0 Å². The Hall–Kier alpha value is -2.21. The lowest BCUT2D eigenvalue weighted by molar-refractivity contribution is 0.103. The highest BCUT2D eigenvalue weighted by Crippen LogP contribution is 2.21. The van der Waals surface area contributed by atoms with E-state index in [0.717, 1.165) is 13.0 Å². The van der Waals surface area contributed by atoms with E-state index in [1.54, 1.807) is 24.3 Å². The predicted molar refractivity (Wildman–Crippen MR) is 97.0 cm³/mol. The number of aliphatic hydroxyl groups is 2. The molecule has 25 heavy (non-hydrogen) atoms. The molecule has 0 aliphatic carbocycles. The zero-order valence-corrected chi connectivity index (χ0v) is 14.3. The number of rotatable bonds is 11. The number of ketones is 1. The van der Waals surface area contributed by atoms with Gasteiger partial charge in [0.1, 0.15) is 5.75 Å². The first-order chi connectivity index (χ1) is 12.3. The third-order valence-corrected chi connectivity index (χ3v) is 3.88. The Morgan fingerprint density at radius 1 is 0.880 bits per heavy atom. The van der Waals surface area contributed by atoms with Gasteiger partial charge in [-0.2, -0.15) is 0 Å². The van der Waals surface area contributed by atoms with Crippen molar-refractivity contribution in [2.45, 2.75) is 6.42 Å². The Morgan fingerprint density at radius 3 is 2.20 bits per heavy atom. The largest absolute Gasteiger partial charge is 0.493 e. The molecule has 0 saturated heterocycles. The molecule has 0 saturated carbocycles. The molecule has 0 spiro atoms. The fourth-order valence-electron chi connectivity index (χ4n) is 2.61. The van der Waals surface area contributed by atoms with Gasteiger partial charge in [0, 0.05) is 25.2 Å². The minimum Gasteiger partial charge on any atom is -0.493 e. The minimum absolute atomic E-state index is 0.0570. The lowest BCUT2D eigenvalue weighted by Gasteiger charge is -2.20. The maximum Gasteiger partial charge on any atom is 0.196 e. The van der Waals surface area contributed by atoms with Crippen molar-refractivity contribution >= 4 is 5.78 Å². The molecule has 2 N–H and O–H groups in total. The smallest absolute Gasteiger partial charge is 0.196 e. The molecule has 2 rings (SSSR count). The molecule has 0 amide bonds. The van der Waals surface area contributed by atoms with Gasteiger partial charge < -0.3 is 14.9 Å². The summed E-state index contributed by atoms with van der Waals surface area (Å²) in [6.45, 7) is 2.38. The first-order valence-corrected chi connectivity index (χ1v) is 8.52. The molecular weight excluding hydrogens is 318 g/mol. The number of carbonyl (C=O) groups is 1. The summed E-state index contributed by atoms with van der Waals surface area (Å²) < 4.78 is 5.81. The zero-order valence-electron chi connectivity index (χ0n) is 14.3. The highest BCUT2D eigenvalue weighted by Gasteiger charge is 2.14. The van der Waals surface area contributed by atoms with Gasteiger partial charge in [0.2, 0.25) is 0 Å². The maximum atomic E-state index is 12.6. The third-order valence-electron chi connectivity index (χ3n) is 3.88. The summed E-state index contributed by atoms with van der Waals surface area (Å²) in [5.41, 5.74) is 1.19. The van der Waals surface area contributed by atoms with Crippen molar-refractivity contribution in [3.05, 3.63) is 65.7 Å². The summed E-state index contributed by atoms with van der Waals surface area (Å²) in [6.07, 6.45) is 0.744. The van der Waals surface area contributed by atoms with Crippen LogP contribution in [0, 0.1) is 0 Å². The normalized spacial score (nSPS) is 10.8. The van der Waals surface area contributed by atoms with Crippen LogP contribution >= 0.6 is 0 Å². The van der Waals surface area contributed by atoms with E-state index in [9.17, 15) is 4.79 Å². The van der Waals surface area contributed by atoms with Gasteiger partial charge in [-0.15, -0.1) is 0 Å². The summed E-state index contributed by atoms with van der Waals surface area (Å²) in [6, 6.07) is 16.4. The van der Waals surface area contributed by atoms with Gasteiger partial charge in [-0.05, 0) is 18.6 Å². The second-order valence-corrected chi connectivity index (χ2v) is 5.68. The fourth-order valence-corrected chi connectivity index (χ4v) is 2.61. The number of aliphatic hydroxyl groups excluding tert-OH is 2. The molecule has 134 valence electrons. The molecule has 5 heteroatoms. The Labute approximate surface area is 148 Å². The van der Waals surface area contributed by atoms with E-state index < -0.39 is 0 Å². The van der Waals surface area contributed by atoms with Crippen molar-refractivity contribution in [2.75, 3.05) is 39.5 Å². The van der Waals surface area contributed by atoms with E-state index in [2.05, 4.69) is 0 Å². The molecule has 0 aliphatic rings. The quantitative estimate of drug-likeness (QED) is 0.482. The molecule has 2 aromatic carbocycles. The summed E-state index contributed by atoms with van der Waals surface area (Å²) in [4.78, 5) is 14.6. The Bertz CT molecular complexity index is 639. The molecule has 0 fully saturated rings. The van der Waals surface area contributed by atoms with Crippen LogP contribution in [0.25, 0.3) is 0 Å². The van der Waals surface area contributed by atoms with Crippen LogP contribution in [0.15, 0.2) is 54.6 Å². The van der Waals surface area contributed by atoms with Crippen molar-refractivity contribution in [1.29, 1.82) is 0 Å². The summed E-state index contributed by atoms with van der Waals surface area (Å²) >= 11 is 0. The number of ether oxygens (including phenoxy) is 1. The number of nitrogens with zero attached hydrogens (tertiary/aromatic N) is 1. The van der Waals surface area contributed by atoms with Gasteiger partial charge >= 0.3 is 0 Å². The minimum atomic E-state index is -0.0570. The molecule has 0 aromatic heterocycles. The standard InChI is InChI=1S/C20H25NO4/c22-14-12-21(13-15-23)11-6-16-25-19-10-5-4-9-18(19)20(24)17-7-2-1-3-8-17/h1-5,7-10,22-23H,6,11-16H2. The highest BCUT2D eigenvalue weighted by molar-refractivity contribution is 6.10. The van der Waals surface area contributed by atoms with Crippen LogP contribution in [0.2, 0.25) is 0 Å². The van der Waals surface area contributed by atoms with Crippen molar-refractivity contribution in [3.8, 4) is 5.75 Å². The van der Waals surface area contributed by atoms with E-state index in [1.807, 2.05) is 35.2 Å². The number of benzene rings is 2. The van der Waals surface area contributed by atoms with E-state index in [-0.39, 0.29) is 19.0 Å². The monoisotopic (exact) mass is 343 g/mol.